The van der Waals surface area contributed by atoms with E-state index in [0.29, 0.717) is 12.0 Å². The molecule has 2 rings (SSSR count). The molecule has 0 aliphatic carbocycles. The van der Waals surface area contributed by atoms with E-state index in [9.17, 15) is 5.11 Å². The zero-order valence-electron chi connectivity index (χ0n) is 10.6. The van der Waals surface area contributed by atoms with Gasteiger partial charge in [-0.25, -0.2) is 0 Å². The average Bonchev–Trinajstić information content (AvgIpc) is 2.40. The molecule has 1 fully saturated rings. The second-order valence-corrected chi connectivity index (χ2v) is 5.00. The van der Waals surface area contributed by atoms with E-state index in [0.717, 1.165) is 25.8 Å². The van der Waals surface area contributed by atoms with Crippen LogP contribution in [0, 0.1) is 5.92 Å². The highest BCUT2D eigenvalue weighted by Crippen LogP contribution is 2.33. The lowest BCUT2D eigenvalue weighted by molar-refractivity contribution is 0.0578. The minimum atomic E-state index is -0.169. The molecule has 1 aromatic rings. The molecule has 0 aromatic heterocycles. The van der Waals surface area contributed by atoms with Crippen molar-refractivity contribution in [2.24, 2.45) is 5.92 Å². The van der Waals surface area contributed by atoms with E-state index in [1.54, 1.807) is 0 Å². The third-order valence-corrected chi connectivity index (χ3v) is 3.74. The van der Waals surface area contributed by atoms with Crippen LogP contribution in [0.5, 0.6) is 0 Å². The van der Waals surface area contributed by atoms with Gasteiger partial charge in [0.25, 0.3) is 0 Å². The molecule has 1 aliphatic rings. The summed E-state index contributed by atoms with van der Waals surface area (Å²) in [4.78, 5) is 0. The van der Waals surface area contributed by atoms with Crippen molar-refractivity contribution >= 4 is 0 Å². The van der Waals surface area contributed by atoms with Gasteiger partial charge in [0.15, 0.2) is 0 Å². The standard InChI is InChI=1S/C15H23NO/c1-2-7-14(17)13-10-6-11-16-15(13)12-8-4-3-5-9-12/h3-5,8-9,13-17H,2,6-7,10-11H2,1H3/t13-,14-,15-/m1/s1. The van der Waals surface area contributed by atoms with Gasteiger partial charge in [-0.05, 0) is 31.4 Å². The fourth-order valence-electron chi connectivity index (χ4n) is 2.86. The molecule has 2 heteroatoms. The van der Waals surface area contributed by atoms with Crippen LogP contribution in [-0.4, -0.2) is 17.8 Å². The second kappa shape index (κ2) is 6.18. The van der Waals surface area contributed by atoms with Gasteiger partial charge in [0.2, 0.25) is 0 Å². The van der Waals surface area contributed by atoms with Gasteiger partial charge in [0, 0.05) is 12.0 Å². The van der Waals surface area contributed by atoms with Crippen molar-refractivity contribution in [2.45, 2.75) is 44.8 Å². The number of hydrogen-bond donors (Lipinski definition) is 2. The first-order valence-corrected chi connectivity index (χ1v) is 6.79. The van der Waals surface area contributed by atoms with E-state index in [1.165, 1.54) is 12.0 Å². The molecule has 0 amide bonds. The number of hydrogen-bond acceptors (Lipinski definition) is 2. The number of benzene rings is 1. The average molecular weight is 233 g/mol. The molecule has 1 aliphatic heterocycles. The summed E-state index contributed by atoms with van der Waals surface area (Å²) in [5.41, 5.74) is 1.31. The summed E-state index contributed by atoms with van der Waals surface area (Å²) in [6, 6.07) is 10.9. The predicted octanol–water partition coefficient (Wildman–Crippen LogP) is 2.89. The van der Waals surface area contributed by atoms with Crippen molar-refractivity contribution < 1.29 is 5.11 Å². The topological polar surface area (TPSA) is 32.3 Å². The first-order chi connectivity index (χ1) is 8.33. The summed E-state index contributed by atoms with van der Waals surface area (Å²) in [5, 5.41) is 13.8. The van der Waals surface area contributed by atoms with Crippen LogP contribution in [0.4, 0.5) is 0 Å². The molecule has 0 spiro atoms. The molecule has 17 heavy (non-hydrogen) atoms. The Hall–Kier alpha value is -0.860. The van der Waals surface area contributed by atoms with Gasteiger partial charge in [0.1, 0.15) is 0 Å². The lowest BCUT2D eigenvalue weighted by Gasteiger charge is -2.36. The van der Waals surface area contributed by atoms with Gasteiger partial charge in [-0.1, -0.05) is 43.7 Å². The lowest BCUT2D eigenvalue weighted by atomic mass is 9.81. The van der Waals surface area contributed by atoms with Gasteiger partial charge < -0.3 is 10.4 Å². The fraction of sp³-hybridized carbons (Fsp3) is 0.600. The van der Waals surface area contributed by atoms with Crippen LogP contribution in [-0.2, 0) is 0 Å². The van der Waals surface area contributed by atoms with Crippen LogP contribution in [0.2, 0.25) is 0 Å². The summed E-state index contributed by atoms with van der Waals surface area (Å²) in [7, 11) is 0. The van der Waals surface area contributed by atoms with Gasteiger partial charge in [-0.15, -0.1) is 0 Å². The van der Waals surface area contributed by atoms with Crippen molar-refractivity contribution in [1.29, 1.82) is 0 Å². The Balaban J connectivity index is 2.12. The molecule has 0 unspecified atom stereocenters. The molecule has 1 aromatic carbocycles. The van der Waals surface area contributed by atoms with Crippen molar-refractivity contribution in [3.05, 3.63) is 35.9 Å². The van der Waals surface area contributed by atoms with Gasteiger partial charge in [0.05, 0.1) is 6.10 Å². The number of rotatable bonds is 4. The molecular formula is C15H23NO. The van der Waals surface area contributed by atoms with Crippen LogP contribution < -0.4 is 5.32 Å². The van der Waals surface area contributed by atoms with E-state index in [2.05, 4.69) is 36.5 Å². The van der Waals surface area contributed by atoms with Crippen LogP contribution in [0.3, 0.4) is 0 Å². The summed E-state index contributed by atoms with van der Waals surface area (Å²) < 4.78 is 0. The van der Waals surface area contributed by atoms with E-state index >= 15 is 0 Å². The van der Waals surface area contributed by atoms with Crippen LogP contribution in [0.25, 0.3) is 0 Å². The summed E-state index contributed by atoms with van der Waals surface area (Å²) in [6.45, 7) is 3.20. The highest BCUT2D eigenvalue weighted by molar-refractivity contribution is 5.20. The van der Waals surface area contributed by atoms with Gasteiger partial charge >= 0.3 is 0 Å². The quantitative estimate of drug-likeness (QED) is 0.838. The normalized spacial score (nSPS) is 26.7. The maximum absolute atomic E-state index is 10.3. The van der Waals surface area contributed by atoms with Crippen molar-refractivity contribution in [3.63, 3.8) is 0 Å². The Bertz CT molecular complexity index is 325. The lowest BCUT2D eigenvalue weighted by Crippen LogP contribution is -2.40. The van der Waals surface area contributed by atoms with E-state index in [4.69, 9.17) is 0 Å². The zero-order chi connectivity index (χ0) is 12.1. The number of aliphatic hydroxyl groups excluding tert-OH is 1. The molecule has 1 heterocycles. The van der Waals surface area contributed by atoms with Gasteiger partial charge in [-0.2, -0.15) is 0 Å². The Morgan fingerprint density at radius 1 is 1.35 bits per heavy atom. The highest BCUT2D eigenvalue weighted by atomic mass is 16.3. The largest absolute Gasteiger partial charge is 0.393 e. The Labute approximate surface area is 104 Å². The molecular weight excluding hydrogens is 210 g/mol. The zero-order valence-corrected chi connectivity index (χ0v) is 10.6. The first kappa shape index (κ1) is 12.6. The second-order valence-electron chi connectivity index (χ2n) is 5.00. The fourth-order valence-corrected chi connectivity index (χ4v) is 2.86. The number of nitrogens with one attached hydrogen (secondary N) is 1. The summed E-state index contributed by atoms with van der Waals surface area (Å²) >= 11 is 0. The van der Waals surface area contributed by atoms with Crippen molar-refractivity contribution in [2.75, 3.05) is 6.54 Å². The SMILES string of the molecule is CCC[C@@H](O)[C@H]1CCCN[C@@H]1c1ccccc1. The molecule has 0 radical (unpaired) electrons. The van der Waals surface area contributed by atoms with Gasteiger partial charge in [-0.3, -0.25) is 0 Å². The van der Waals surface area contributed by atoms with E-state index in [-0.39, 0.29) is 6.10 Å². The van der Waals surface area contributed by atoms with Crippen molar-refractivity contribution in [1.82, 2.24) is 5.32 Å². The smallest absolute Gasteiger partial charge is 0.0586 e. The highest BCUT2D eigenvalue weighted by Gasteiger charge is 2.30. The molecule has 3 atom stereocenters. The minimum Gasteiger partial charge on any atom is -0.393 e. The maximum atomic E-state index is 10.3. The molecule has 1 saturated heterocycles. The Morgan fingerprint density at radius 2 is 2.12 bits per heavy atom. The molecule has 2 nitrogen and oxygen atoms in total. The van der Waals surface area contributed by atoms with E-state index in [1.807, 2.05) is 6.07 Å². The molecule has 2 N–H and O–H groups in total. The van der Waals surface area contributed by atoms with Crippen molar-refractivity contribution in [3.8, 4) is 0 Å². The Kier molecular flexibility index (Phi) is 4.57. The monoisotopic (exact) mass is 233 g/mol. The summed E-state index contributed by atoms with van der Waals surface area (Å²) in [6.07, 6.45) is 4.11. The van der Waals surface area contributed by atoms with Crippen LogP contribution >= 0.6 is 0 Å². The molecule has 94 valence electrons. The maximum Gasteiger partial charge on any atom is 0.0586 e. The molecule has 0 saturated carbocycles. The molecule has 0 bridgehead atoms. The third kappa shape index (κ3) is 3.08. The van der Waals surface area contributed by atoms with E-state index < -0.39 is 0 Å². The van der Waals surface area contributed by atoms with Crippen LogP contribution in [0.15, 0.2) is 30.3 Å². The minimum absolute atomic E-state index is 0.169. The first-order valence-electron chi connectivity index (χ1n) is 6.79. The summed E-state index contributed by atoms with van der Waals surface area (Å²) in [5.74, 6) is 0.367. The third-order valence-electron chi connectivity index (χ3n) is 3.74. The van der Waals surface area contributed by atoms with Crippen LogP contribution in [0.1, 0.15) is 44.2 Å². The number of aliphatic hydroxyl groups is 1. The predicted molar refractivity (Wildman–Crippen MR) is 70.8 cm³/mol. The number of piperidine rings is 1. The Morgan fingerprint density at radius 3 is 2.82 bits per heavy atom.